The molecule has 0 saturated heterocycles. The van der Waals surface area contributed by atoms with Crippen LogP contribution in [-0.4, -0.2) is 30.8 Å². The van der Waals surface area contributed by atoms with E-state index in [0.717, 1.165) is 16.8 Å². The van der Waals surface area contributed by atoms with Crippen LogP contribution in [0.2, 0.25) is 0 Å². The van der Waals surface area contributed by atoms with Gasteiger partial charge in [-0.1, -0.05) is 0 Å². The molecule has 3 heterocycles. The number of hydrogen-bond donors (Lipinski definition) is 1. The van der Waals surface area contributed by atoms with Crippen LogP contribution in [0.4, 0.5) is 10.8 Å². The van der Waals surface area contributed by atoms with Crippen LogP contribution in [0.15, 0.2) is 53.0 Å². The molecule has 0 atom stereocenters. The molecule has 0 aliphatic carbocycles. The van der Waals surface area contributed by atoms with Crippen molar-refractivity contribution in [2.75, 3.05) is 16.2 Å². The number of aromatic nitrogens is 2. The van der Waals surface area contributed by atoms with Gasteiger partial charge in [-0.3, -0.25) is 14.5 Å². The van der Waals surface area contributed by atoms with E-state index in [0.29, 0.717) is 23.8 Å². The van der Waals surface area contributed by atoms with E-state index in [1.165, 1.54) is 24.3 Å². The quantitative estimate of drug-likeness (QED) is 0.727. The van der Waals surface area contributed by atoms with Gasteiger partial charge < -0.3 is 4.90 Å². The topological polar surface area (TPSA) is 92.3 Å². The van der Waals surface area contributed by atoms with E-state index in [1.54, 1.807) is 40.9 Å². The van der Waals surface area contributed by atoms with Gasteiger partial charge in [0.1, 0.15) is 0 Å². The molecule has 1 aliphatic rings. The van der Waals surface area contributed by atoms with Crippen molar-refractivity contribution < 1.29 is 13.2 Å². The average Bonchev–Trinajstić information content (AvgIpc) is 3.28. The molecular formula is C18H16N4O3S2. The van der Waals surface area contributed by atoms with Gasteiger partial charge >= 0.3 is 0 Å². The Balaban J connectivity index is 1.58. The van der Waals surface area contributed by atoms with Crippen LogP contribution >= 0.6 is 11.3 Å². The Morgan fingerprint density at radius 2 is 2.15 bits per heavy atom. The predicted molar refractivity (Wildman–Crippen MR) is 104 cm³/mol. The van der Waals surface area contributed by atoms with Gasteiger partial charge in [0.05, 0.1) is 10.6 Å². The summed E-state index contributed by atoms with van der Waals surface area (Å²) in [6.45, 7) is 2.08. The Morgan fingerprint density at radius 1 is 1.30 bits per heavy atom. The highest BCUT2D eigenvalue weighted by atomic mass is 32.2. The van der Waals surface area contributed by atoms with E-state index in [4.69, 9.17) is 0 Å². The Kier molecular flexibility index (Phi) is 4.40. The van der Waals surface area contributed by atoms with Crippen LogP contribution in [-0.2, 0) is 21.2 Å². The first-order chi connectivity index (χ1) is 12.9. The Labute approximate surface area is 160 Å². The first-order valence-electron chi connectivity index (χ1n) is 8.24. The fourth-order valence-electron chi connectivity index (χ4n) is 3.01. The van der Waals surface area contributed by atoms with Crippen LogP contribution in [0.25, 0.3) is 11.3 Å². The van der Waals surface area contributed by atoms with Crippen LogP contribution in [0.5, 0.6) is 0 Å². The van der Waals surface area contributed by atoms with E-state index in [1.807, 2.05) is 6.07 Å². The summed E-state index contributed by atoms with van der Waals surface area (Å²) < 4.78 is 28.0. The highest BCUT2D eigenvalue weighted by Crippen LogP contribution is 2.31. The molecule has 0 unspecified atom stereocenters. The number of thiazole rings is 1. The van der Waals surface area contributed by atoms with Gasteiger partial charge in [0.25, 0.3) is 10.0 Å². The first-order valence-corrected chi connectivity index (χ1v) is 10.6. The van der Waals surface area contributed by atoms with Gasteiger partial charge in [0.2, 0.25) is 5.91 Å². The first kappa shape index (κ1) is 17.6. The van der Waals surface area contributed by atoms with Crippen LogP contribution in [0.1, 0.15) is 12.5 Å². The number of sulfonamides is 1. The lowest BCUT2D eigenvalue weighted by atomic mass is 10.2. The molecule has 2 aromatic heterocycles. The summed E-state index contributed by atoms with van der Waals surface area (Å²) in [6, 6.07) is 8.48. The lowest BCUT2D eigenvalue weighted by molar-refractivity contribution is -0.116. The molecule has 0 fully saturated rings. The number of fused-ring (bicyclic) bond motifs is 1. The molecule has 0 saturated carbocycles. The fourth-order valence-corrected chi connectivity index (χ4v) is 5.04. The van der Waals surface area contributed by atoms with Gasteiger partial charge in [-0.25, -0.2) is 13.4 Å². The van der Waals surface area contributed by atoms with Crippen molar-refractivity contribution in [3.05, 3.63) is 53.7 Å². The largest absolute Gasteiger partial charge is 0.312 e. The molecule has 0 spiro atoms. The number of benzene rings is 1. The molecule has 1 N–H and O–H groups in total. The SMILES string of the molecule is CC(=O)N1CCc2cc(S(=O)(=O)Nc3nc(-c4cccnc4)cs3)ccc21. The van der Waals surface area contributed by atoms with Crippen molar-refractivity contribution in [3.8, 4) is 11.3 Å². The number of rotatable bonds is 4. The minimum atomic E-state index is -3.76. The fraction of sp³-hybridized carbons (Fsp3) is 0.167. The molecule has 3 aromatic rings. The summed E-state index contributed by atoms with van der Waals surface area (Å²) in [5, 5.41) is 2.07. The van der Waals surface area contributed by atoms with Crippen molar-refractivity contribution in [2.24, 2.45) is 0 Å². The summed E-state index contributed by atoms with van der Waals surface area (Å²) in [7, 11) is -3.76. The number of carbonyl (C=O) groups is 1. The van der Waals surface area contributed by atoms with E-state index in [-0.39, 0.29) is 10.8 Å². The molecule has 1 amide bonds. The van der Waals surface area contributed by atoms with E-state index in [2.05, 4.69) is 14.7 Å². The van der Waals surface area contributed by atoms with Crippen molar-refractivity contribution >= 4 is 38.1 Å². The minimum Gasteiger partial charge on any atom is -0.312 e. The van der Waals surface area contributed by atoms with Crippen LogP contribution in [0, 0.1) is 0 Å². The summed E-state index contributed by atoms with van der Waals surface area (Å²) >= 11 is 1.21. The third kappa shape index (κ3) is 3.43. The average molecular weight is 400 g/mol. The van der Waals surface area contributed by atoms with Crippen LogP contribution < -0.4 is 9.62 Å². The molecule has 4 rings (SSSR count). The summed E-state index contributed by atoms with van der Waals surface area (Å²) in [5.41, 5.74) is 3.11. The molecule has 9 heteroatoms. The highest BCUT2D eigenvalue weighted by molar-refractivity contribution is 7.93. The summed E-state index contributed by atoms with van der Waals surface area (Å²) in [4.78, 5) is 21.8. The molecule has 27 heavy (non-hydrogen) atoms. The summed E-state index contributed by atoms with van der Waals surface area (Å²) in [5.74, 6) is -0.0480. The second-order valence-electron chi connectivity index (χ2n) is 6.10. The zero-order chi connectivity index (χ0) is 19.0. The lowest BCUT2D eigenvalue weighted by Crippen LogP contribution is -2.25. The zero-order valence-corrected chi connectivity index (χ0v) is 16.0. The van der Waals surface area contributed by atoms with Crippen molar-refractivity contribution in [3.63, 3.8) is 0 Å². The Morgan fingerprint density at radius 3 is 2.89 bits per heavy atom. The van der Waals surface area contributed by atoms with Gasteiger partial charge in [-0.2, -0.15) is 0 Å². The lowest BCUT2D eigenvalue weighted by Gasteiger charge is -2.15. The number of hydrogen-bond acceptors (Lipinski definition) is 6. The normalized spacial score (nSPS) is 13.4. The number of pyridine rings is 1. The molecule has 1 aromatic carbocycles. The van der Waals surface area contributed by atoms with Gasteiger partial charge in [0, 0.05) is 42.5 Å². The number of anilines is 2. The smallest absolute Gasteiger partial charge is 0.263 e. The maximum atomic E-state index is 12.7. The number of nitrogens with zero attached hydrogens (tertiary/aromatic N) is 3. The molecular weight excluding hydrogens is 384 g/mol. The minimum absolute atomic E-state index is 0.0480. The number of nitrogens with one attached hydrogen (secondary N) is 1. The third-order valence-electron chi connectivity index (χ3n) is 4.32. The van der Waals surface area contributed by atoms with Gasteiger partial charge in [-0.05, 0) is 42.3 Å². The zero-order valence-electron chi connectivity index (χ0n) is 14.4. The van der Waals surface area contributed by atoms with Crippen molar-refractivity contribution in [1.82, 2.24) is 9.97 Å². The number of carbonyl (C=O) groups excluding carboxylic acids is 1. The highest BCUT2D eigenvalue weighted by Gasteiger charge is 2.25. The third-order valence-corrected chi connectivity index (χ3v) is 6.54. The van der Waals surface area contributed by atoms with Gasteiger partial charge in [-0.15, -0.1) is 11.3 Å². The number of amides is 1. The van der Waals surface area contributed by atoms with E-state index < -0.39 is 10.0 Å². The van der Waals surface area contributed by atoms with Gasteiger partial charge in [0.15, 0.2) is 5.13 Å². The molecule has 1 aliphatic heterocycles. The molecule has 0 radical (unpaired) electrons. The van der Waals surface area contributed by atoms with Crippen LogP contribution in [0.3, 0.4) is 0 Å². The monoisotopic (exact) mass is 400 g/mol. The molecule has 7 nitrogen and oxygen atoms in total. The second-order valence-corrected chi connectivity index (χ2v) is 8.64. The second kappa shape index (κ2) is 6.75. The molecule has 0 bridgehead atoms. The van der Waals surface area contributed by atoms with E-state index in [9.17, 15) is 13.2 Å². The Bertz CT molecular complexity index is 1110. The maximum Gasteiger partial charge on any atom is 0.263 e. The van der Waals surface area contributed by atoms with E-state index >= 15 is 0 Å². The maximum absolute atomic E-state index is 12.7. The standard InChI is InChI=1S/C18H16N4O3S2/c1-12(23)22-8-6-13-9-15(4-5-17(13)22)27(24,25)21-18-20-16(11-26-18)14-3-2-7-19-10-14/h2-5,7,9-11H,6,8H2,1H3,(H,20,21). The molecule has 138 valence electrons. The van der Waals surface area contributed by atoms with Crippen molar-refractivity contribution in [1.29, 1.82) is 0 Å². The summed E-state index contributed by atoms with van der Waals surface area (Å²) in [6.07, 6.45) is 3.98. The Hall–Kier alpha value is -2.78. The van der Waals surface area contributed by atoms with Crippen molar-refractivity contribution in [2.45, 2.75) is 18.2 Å². The predicted octanol–water partition coefficient (Wildman–Crippen LogP) is 2.91.